The van der Waals surface area contributed by atoms with Gasteiger partial charge in [0.15, 0.2) is 6.21 Å². The minimum absolute atomic E-state index is 0.529. The minimum Gasteiger partial charge on any atom is -0.618 e. The van der Waals surface area contributed by atoms with Crippen LogP contribution in [0.2, 0.25) is 0 Å². The highest BCUT2D eigenvalue weighted by Crippen LogP contribution is 2.14. The van der Waals surface area contributed by atoms with Crippen LogP contribution in [0.1, 0.15) is 11.1 Å². The van der Waals surface area contributed by atoms with Gasteiger partial charge in [-0.1, -0.05) is 48.5 Å². The smallest absolute Gasteiger partial charge is 0.216 e. The molecule has 0 saturated carbocycles. The first-order valence-corrected chi connectivity index (χ1v) is 7.44. The Morgan fingerprint density at radius 3 is 2.04 bits per heavy atom. The predicted octanol–water partition coefficient (Wildman–Crippen LogP) is 4.53. The number of hydrogen-bond donors (Lipinski definition) is 0. The normalized spacial score (nSPS) is 11.2. The first kappa shape index (κ1) is 14.9. The Hall–Kier alpha value is -3.07. The summed E-state index contributed by atoms with van der Waals surface area (Å²) in [4.78, 5) is 0. The lowest BCUT2D eigenvalue weighted by Crippen LogP contribution is -1.99. The molecule has 3 rings (SSSR count). The van der Waals surface area contributed by atoms with Gasteiger partial charge in [0.2, 0.25) is 5.69 Å². The lowest BCUT2D eigenvalue weighted by molar-refractivity contribution is -0.354. The molecule has 0 heterocycles. The topological polar surface area (TPSA) is 35.3 Å². The lowest BCUT2D eigenvalue weighted by atomic mass is 10.2. The molecular formula is C20H17NO2. The molecule has 0 aliphatic rings. The zero-order valence-electron chi connectivity index (χ0n) is 12.6. The van der Waals surface area contributed by atoms with Crippen molar-refractivity contribution < 1.29 is 9.48 Å². The maximum atomic E-state index is 12.0. The Labute approximate surface area is 135 Å². The van der Waals surface area contributed by atoms with Crippen molar-refractivity contribution in [3.63, 3.8) is 0 Å². The van der Waals surface area contributed by atoms with Crippen LogP contribution in [0.15, 0.2) is 84.9 Å². The van der Waals surface area contributed by atoms with Crippen LogP contribution in [0.25, 0.3) is 0 Å². The Morgan fingerprint density at radius 2 is 1.39 bits per heavy atom. The number of nitrogens with zero attached hydrogens (tertiary/aromatic N) is 1. The Bertz CT molecular complexity index is 766. The van der Waals surface area contributed by atoms with Crippen molar-refractivity contribution in [2.24, 2.45) is 0 Å². The van der Waals surface area contributed by atoms with Gasteiger partial charge in [0.1, 0.15) is 12.4 Å². The fourth-order valence-corrected chi connectivity index (χ4v) is 2.18. The molecule has 0 radical (unpaired) electrons. The van der Waals surface area contributed by atoms with E-state index in [2.05, 4.69) is 0 Å². The van der Waals surface area contributed by atoms with E-state index < -0.39 is 0 Å². The summed E-state index contributed by atoms with van der Waals surface area (Å²) in [7, 11) is 0. The van der Waals surface area contributed by atoms with E-state index >= 15 is 0 Å². The molecule has 3 aromatic carbocycles. The summed E-state index contributed by atoms with van der Waals surface area (Å²) in [5.74, 6) is 0.781. The largest absolute Gasteiger partial charge is 0.618 e. The first-order valence-electron chi connectivity index (χ1n) is 7.44. The monoisotopic (exact) mass is 303 g/mol. The fraction of sp³-hybridized carbons (Fsp3) is 0.0500. The highest BCUT2D eigenvalue weighted by atomic mass is 16.5. The molecule has 0 aromatic heterocycles. The van der Waals surface area contributed by atoms with Crippen molar-refractivity contribution in [3.05, 3.63) is 101 Å². The van der Waals surface area contributed by atoms with Crippen LogP contribution in [0.4, 0.5) is 5.69 Å². The van der Waals surface area contributed by atoms with Gasteiger partial charge in [0, 0.05) is 17.7 Å². The molecule has 114 valence electrons. The van der Waals surface area contributed by atoms with Gasteiger partial charge >= 0.3 is 0 Å². The van der Waals surface area contributed by atoms with Gasteiger partial charge < -0.3 is 9.94 Å². The molecule has 3 heteroatoms. The molecule has 0 N–H and O–H groups in total. The molecular weight excluding hydrogens is 286 g/mol. The predicted molar refractivity (Wildman–Crippen MR) is 92.1 cm³/mol. The summed E-state index contributed by atoms with van der Waals surface area (Å²) < 4.78 is 6.59. The molecule has 0 spiro atoms. The maximum Gasteiger partial charge on any atom is 0.216 e. The highest BCUT2D eigenvalue weighted by molar-refractivity contribution is 5.76. The van der Waals surface area contributed by atoms with Gasteiger partial charge in [-0.3, -0.25) is 0 Å². The van der Waals surface area contributed by atoms with Crippen LogP contribution in [-0.4, -0.2) is 11.0 Å². The van der Waals surface area contributed by atoms with Crippen molar-refractivity contribution in [2.75, 3.05) is 0 Å². The van der Waals surface area contributed by atoms with Crippen molar-refractivity contribution in [1.29, 1.82) is 0 Å². The van der Waals surface area contributed by atoms with E-state index in [1.807, 2.05) is 72.8 Å². The first-order chi connectivity index (χ1) is 11.3. The highest BCUT2D eigenvalue weighted by Gasteiger charge is 2.01. The average Bonchev–Trinajstić information content (AvgIpc) is 2.63. The van der Waals surface area contributed by atoms with E-state index in [0.717, 1.165) is 21.6 Å². The Morgan fingerprint density at radius 1 is 0.783 bits per heavy atom. The summed E-state index contributed by atoms with van der Waals surface area (Å²) in [6.07, 6.45) is 1.55. The van der Waals surface area contributed by atoms with Crippen LogP contribution >= 0.6 is 0 Å². The quantitative estimate of drug-likeness (QED) is 0.300. The van der Waals surface area contributed by atoms with Crippen LogP contribution < -0.4 is 4.74 Å². The summed E-state index contributed by atoms with van der Waals surface area (Å²) in [6, 6.07) is 26.6. The van der Waals surface area contributed by atoms with Crippen LogP contribution in [-0.2, 0) is 6.61 Å². The molecule has 3 nitrogen and oxygen atoms in total. The van der Waals surface area contributed by atoms with Gasteiger partial charge in [-0.05, 0) is 29.8 Å². The third-order valence-corrected chi connectivity index (χ3v) is 3.41. The minimum atomic E-state index is 0.529. The number of ether oxygens (including phenoxy) is 1. The molecule has 3 aromatic rings. The fourth-order valence-electron chi connectivity index (χ4n) is 2.18. The number of para-hydroxylation sites is 1. The van der Waals surface area contributed by atoms with E-state index in [0.29, 0.717) is 12.3 Å². The van der Waals surface area contributed by atoms with Crippen LogP contribution in [0.3, 0.4) is 0 Å². The van der Waals surface area contributed by atoms with E-state index in [9.17, 15) is 5.21 Å². The summed E-state index contributed by atoms with van der Waals surface area (Å²) in [5, 5.41) is 12.0. The summed E-state index contributed by atoms with van der Waals surface area (Å²) in [5.41, 5.74) is 2.56. The van der Waals surface area contributed by atoms with E-state index in [4.69, 9.17) is 4.74 Å². The Balaban J connectivity index is 1.65. The summed E-state index contributed by atoms with van der Waals surface area (Å²) in [6.45, 7) is 0.529. The zero-order chi connectivity index (χ0) is 15.9. The second-order valence-corrected chi connectivity index (χ2v) is 5.13. The third-order valence-electron chi connectivity index (χ3n) is 3.41. The van der Waals surface area contributed by atoms with Crippen molar-refractivity contribution in [2.45, 2.75) is 6.61 Å². The van der Waals surface area contributed by atoms with Crippen molar-refractivity contribution in [1.82, 2.24) is 0 Å². The standard InChI is InChI=1S/C20H17NO2/c22-21(19-9-5-2-6-10-19)15-17-11-13-20(14-12-17)23-16-18-7-3-1-4-8-18/h1-15H,16H2/b21-15-. The van der Waals surface area contributed by atoms with Gasteiger partial charge in [-0.2, -0.15) is 4.74 Å². The van der Waals surface area contributed by atoms with Gasteiger partial charge in [-0.15, -0.1) is 0 Å². The molecule has 0 aliphatic heterocycles. The molecule has 0 bridgehead atoms. The van der Waals surface area contributed by atoms with Gasteiger partial charge in [0.05, 0.1) is 0 Å². The van der Waals surface area contributed by atoms with Gasteiger partial charge in [-0.25, -0.2) is 0 Å². The van der Waals surface area contributed by atoms with E-state index in [1.54, 1.807) is 18.3 Å². The molecule has 0 amide bonds. The number of hydrogen-bond acceptors (Lipinski definition) is 2. The van der Waals surface area contributed by atoms with E-state index in [1.165, 1.54) is 0 Å². The molecule has 23 heavy (non-hydrogen) atoms. The molecule has 0 fully saturated rings. The van der Waals surface area contributed by atoms with Gasteiger partial charge in [0.25, 0.3) is 0 Å². The summed E-state index contributed by atoms with van der Waals surface area (Å²) >= 11 is 0. The molecule has 0 aliphatic carbocycles. The molecule has 0 saturated heterocycles. The average molecular weight is 303 g/mol. The maximum absolute atomic E-state index is 12.0. The number of rotatable bonds is 5. The lowest BCUT2D eigenvalue weighted by Gasteiger charge is -2.06. The van der Waals surface area contributed by atoms with Crippen LogP contribution in [0, 0.1) is 5.21 Å². The number of benzene rings is 3. The Kier molecular flexibility index (Phi) is 4.69. The molecule has 0 atom stereocenters. The second kappa shape index (κ2) is 7.27. The van der Waals surface area contributed by atoms with Crippen molar-refractivity contribution in [3.8, 4) is 5.75 Å². The SMILES string of the molecule is [O-]/[N+](=C\c1ccc(OCc2ccccc2)cc1)c1ccccc1. The zero-order valence-corrected chi connectivity index (χ0v) is 12.6. The molecule has 0 unspecified atom stereocenters. The van der Waals surface area contributed by atoms with Crippen LogP contribution in [0.5, 0.6) is 5.75 Å². The third kappa shape index (κ3) is 4.20. The second-order valence-electron chi connectivity index (χ2n) is 5.13. The van der Waals surface area contributed by atoms with E-state index in [-0.39, 0.29) is 0 Å². The van der Waals surface area contributed by atoms with Crippen molar-refractivity contribution >= 4 is 11.9 Å².